The van der Waals surface area contributed by atoms with Crippen molar-refractivity contribution >= 4 is 59.1 Å². The molecule has 1 rings (SSSR count). The Morgan fingerprint density at radius 1 is 0.677 bits per heavy atom. The predicted octanol–water partition coefficient (Wildman–Crippen LogP) is -1.86. The van der Waals surface area contributed by atoms with Crippen molar-refractivity contribution in [1.29, 1.82) is 0 Å². The van der Waals surface area contributed by atoms with Gasteiger partial charge in [-0.15, -0.1) is 0 Å². The molecule has 0 aromatic carbocycles. The molecule has 0 saturated carbocycles. The van der Waals surface area contributed by atoms with Gasteiger partial charge in [-0.05, 0) is 63.7 Å². The second-order valence-electron chi connectivity index (χ2n) is 17.1. The van der Waals surface area contributed by atoms with Gasteiger partial charge in [0, 0.05) is 26.6 Å². The van der Waals surface area contributed by atoms with Crippen molar-refractivity contribution in [3.8, 4) is 0 Å². The summed E-state index contributed by atoms with van der Waals surface area (Å²) in [5.74, 6) is -7.10. The fourth-order valence-electron chi connectivity index (χ4n) is 7.15. The molecule has 0 aromatic heterocycles. The number of likely N-dealkylation sites (N-methyl/N-ethyl adjacent to an activating group) is 1. The summed E-state index contributed by atoms with van der Waals surface area (Å²) in [6.07, 6.45) is 1.36. The molecule has 0 bridgehead atoms. The topological polar surface area (TPSA) is 338 Å². The lowest BCUT2D eigenvalue weighted by Gasteiger charge is -2.32. The summed E-state index contributed by atoms with van der Waals surface area (Å²) < 4.78 is 0. The predicted molar refractivity (Wildman–Crippen MR) is 244 cm³/mol. The number of hydrogen-bond donors (Lipinski definition) is 11. The summed E-state index contributed by atoms with van der Waals surface area (Å²) in [5.41, 5.74) is 11.0. The van der Waals surface area contributed by atoms with Crippen molar-refractivity contribution in [3.05, 3.63) is 0 Å². The van der Waals surface area contributed by atoms with E-state index >= 15 is 0 Å². The monoisotopic (exact) mass is 923 g/mol. The smallest absolute Gasteiger partial charge is 0.245 e. The number of rotatable bonds is 28. The summed E-state index contributed by atoms with van der Waals surface area (Å²) in [6, 6.07) is -8.10. The molecule has 370 valence electrons. The van der Waals surface area contributed by atoms with Gasteiger partial charge in [0.2, 0.25) is 53.2 Å². The minimum Gasteiger partial charge on any atom is -0.391 e. The number of nitrogens with two attached hydrogens (primary N) is 2. The highest BCUT2D eigenvalue weighted by Gasteiger charge is 2.40. The van der Waals surface area contributed by atoms with Gasteiger partial charge in [-0.2, -0.15) is 0 Å². The van der Waals surface area contributed by atoms with Gasteiger partial charge >= 0.3 is 0 Å². The van der Waals surface area contributed by atoms with Crippen molar-refractivity contribution in [3.63, 3.8) is 0 Å². The molecule has 0 aliphatic carbocycles. The summed E-state index contributed by atoms with van der Waals surface area (Å²) in [6.45, 7) is 17.0. The van der Waals surface area contributed by atoms with Gasteiger partial charge in [-0.1, -0.05) is 67.7 Å². The zero-order chi connectivity index (χ0) is 49.6. The summed E-state index contributed by atoms with van der Waals surface area (Å²) in [4.78, 5) is 125. The van der Waals surface area contributed by atoms with Crippen LogP contribution in [-0.4, -0.2) is 144 Å². The highest BCUT2D eigenvalue weighted by atomic mass is 16.3. The Bertz CT molecular complexity index is 1660. The number of likely N-dealkylation sites (tertiary alicyclic amines) is 1. The second kappa shape index (κ2) is 29.1. The maximum Gasteiger partial charge on any atom is 0.245 e. The molecule has 65 heavy (non-hydrogen) atoms. The summed E-state index contributed by atoms with van der Waals surface area (Å²) in [5, 5.41) is 31.8. The third kappa shape index (κ3) is 19.2. The summed E-state index contributed by atoms with van der Waals surface area (Å²) in [7, 11) is 0. The Labute approximate surface area is 383 Å². The lowest BCUT2D eigenvalue weighted by atomic mass is 9.95. The number of aliphatic imine (C=N–C) groups is 1. The summed E-state index contributed by atoms with van der Waals surface area (Å²) >= 11 is 0. The molecular formula is C43H78N12O10. The minimum atomic E-state index is -1.59. The molecule has 22 heteroatoms. The third-order valence-corrected chi connectivity index (χ3v) is 11.4. The molecule has 1 fully saturated rings. The average molecular weight is 923 g/mol. The fourth-order valence-corrected chi connectivity index (χ4v) is 7.15. The van der Waals surface area contributed by atoms with Crippen LogP contribution in [0.1, 0.15) is 121 Å². The number of nitrogens with one attached hydrogen (secondary N) is 8. The van der Waals surface area contributed by atoms with E-state index in [1.807, 2.05) is 6.92 Å². The number of carbonyl (C=O) groups excluding carboxylic acids is 9. The van der Waals surface area contributed by atoms with E-state index in [0.29, 0.717) is 51.6 Å². The van der Waals surface area contributed by atoms with Crippen LogP contribution >= 0.6 is 0 Å². The Morgan fingerprint density at radius 2 is 1.20 bits per heavy atom. The van der Waals surface area contributed by atoms with Crippen LogP contribution in [0.5, 0.6) is 0 Å². The van der Waals surface area contributed by atoms with E-state index in [9.17, 15) is 48.3 Å². The number of aliphatic hydroxyl groups excluding tert-OH is 1. The molecular weight excluding hydrogens is 845 g/mol. The van der Waals surface area contributed by atoms with Crippen LogP contribution in [0.4, 0.5) is 0 Å². The van der Waals surface area contributed by atoms with E-state index in [0.717, 1.165) is 0 Å². The van der Waals surface area contributed by atoms with Crippen molar-refractivity contribution in [2.45, 2.75) is 169 Å². The van der Waals surface area contributed by atoms with E-state index in [2.05, 4.69) is 47.5 Å². The number of hydrogen-bond acceptors (Lipinski definition) is 11. The van der Waals surface area contributed by atoms with Crippen molar-refractivity contribution in [2.24, 2.45) is 34.2 Å². The number of amides is 9. The average Bonchev–Trinajstić information content (AvgIpc) is 3.75. The Morgan fingerprint density at radius 3 is 1.71 bits per heavy atom. The highest BCUT2D eigenvalue weighted by Crippen LogP contribution is 2.21. The molecule has 10 atom stereocenters. The number of guanidine groups is 1. The number of carbonyl (C=O) groups is 9. The van der Waals surface area contributed by atoms with Gasteiger partial charge < -0.3 is 64.0 Å². The van der Waals surface area contributed by atoms with Crippen LogP contribution in [0.25, 0.3) is 0 Å². The van der Waals surface area contributed by atoms with Crippen LogP contribution in [0.3, 0.4) is 0 Å². The number of aliphatic hydroxyl groups is 1. The molecule has 1 heterocycles. The quantitative estimate of drug-likeness (QED) is 0.0234. The lowest BCUT2D eigenvalue weighted by molar-refractivity contribution is -0.142. The number of nitrogens with zero attached hydrogens (tertiary/aromatic N) is 2. The second-order valence-corrected chi connectivity index (χ2v) is 17.1. The Hall–Kier alpha value is -5.54. The van der Waals surface area contributed by atoms with Crippen molar-refractivity contribution < 1.29 is 48.3 Å². The lowest BCUT2D eigenvalue weighted by Crippen LogP contribution is -2.63. The molecule has 1 aliphatic heterocycles. The van der Waals surface area contributed by atoms with Crippen LogP contribution in [0.2, 0.25) is 0 Å². The van der Waals surface area contributed by atoms with Crippen LogP contribution in [0.15, 0.2) is 4.99 Å². The van der Waals surface area contributed by atoms with Crippen LogP contribution in [-0.2, 0) is 43.2 Å². The van der Waals surface area contributed by atoms with E-state index < -0.39 is 113 Å². The van der Waals surface area contributed by atoms with Crippen molar-refractivity contribution in [1.82, 2.24) is 47.4 Å². The first-order valence-corrected chi connectivity index (χ1v) is 22.9. The first-order chi connectivity index (χ1) is 30.5. The molecule has 13 N–H and O–H groups in total. The molecule has 0 aromatic rings. The zero-order valence-electron chi connectivity index (χ0n) is 40.0. The molecule has 22 nitrogen and oxygen atoms in total. The maximum atomic E-state index is 14.1. The molecule has 9 amide bonds. The minimum absolute atomic E-state index is 0.102. The molecule has 0 unspecified atom stereocenters. The van der Waals surface area contributed by atoms with Gasteiger partial charge in [0.05, 0.1) is 12.6 Å². The van der Waals surface area contributed by atoms with Gasteiger partial charge in [0.15, 0.2) is 5.96 Å². The zero-order valence-corrected chi connectivity index (χ0v) is 40.0. The normalized spacial score (nSPS) is 17.6. The molecule has 1 saturated heterocycles. The maximum absolute atomic E-state index is 14.1. The fraction of sp³-hybridized carbons (Fsp3) is 0.767. The SMILES string of the molecule is CCC[C@H](NC(=O)[C@@H](NC(=O)[C@@H](NC(=O)[C@@H](NC(=O)CNC(C)=O)C(C)C)[C@@H](C)CC)[C@@H](C)O)C(=O)N[C@@H](C(=O)N[C@@H](CCCN=C(N)N)C(=O)N1CCC[C@H]1C(=O)NCC)[C@@H](C)CC. The van der Waals surface area contributed by atoms with E-state index in [1.165, 1.54) is 18.7 Å². The van der Waals surface area contributed by atoms with Crippen LogP contribution in [0, 0.1) is 17.8 Å². The highest BCUT2D eigenvalue weighted by molar-refractivity contribution is 5.98. The van der Waals surface area contributed by atoms with Crippen molar-refractivity contribution in [2.75, 3.05) is 26.2 Å². The van der Waals surface area contributed by atoms with Gasteiger partial charge in [-0.3, -0.25) is 48.1 Å². The van der Waals surface area contributed by atoms with E-state index in [4.69, 9.17) is 11.5 Å². The van der Waals surface area contributed by atoms with Gasteiger partial charge in [-0.25, -0.2) is 0 Å². The van der Waals surface area contributed by atoms with Gasteiger partial charge in [0.25, 0.3) is 0 Å². The Balaban J connectivity index is 3.34. The Kier molecular flexibility index (Phi) is 25.7. The third-order valence-electron chi connectivity index (χ3n) is 11.4. The van der Waals surface area contributed by atoms with Gasteiger partial charge in [0.1, 0.15) is 42.3 Å². The first kappa shape index (κ1) is 57.5. The van der Waals surface area contributed by atoms with E-state index in [1.54, 1.807) is 48.5 Å². The first-order valence-electron chi connectivity index (χ1n) is 22.9. The van der Waals surface area contributed by atoms with Crippen LogP contribution < -0.4 is 54.0 Å². The molecule has 1 aliphatic rings. The standard InChI is InChI=1S/C43H78N12O10/c1-11-17-28(49-41(64)35(26(9)56)54-40(63)34(25(8)13-3)53-38(61)32(23(5)6)51-31(58)22-48-27(10)57)36(59)52-33(24(7)12-2)39(62)50-29(18-15-20-47-43(44)45)42(65)55-21-16-19-30(55)37(60)46-14-4/h23-26,28-30,32-35,56H,11-22H2,1-10H3,(H,46,60)(H,48,57)(H,49,64)(H,50,62)(H,51,58)(H,52,59)(H,53,61)(H,54,63)(H4,44,45,47)/t24-,25-,26+,28-,29-,30-,32-,33+,34-,35-/m0/s1. The van der Waals surface area contributed by atoms with E-state index in [-0.39, 0.29) is 37.8 Å². The largest absolute Gasteiger partial charge is 0.391 e. The molecule has 0 spiro atoms. The molecule has 0 radical (unpaired) electrons.